The number of carbonyl (C=O) groups excluding carboxylic acids is 1. The van der Waals surface area contributed by atoms with Gasteiger partial charge in [0.05, 0.1) is 24.3 Å². The van der Waals surface area contributed by atoms with Gasteiger partial charge in [-0.1, -0.05) is 5.16 Å². The number of alkyl halides is 3. The Morgan fingerprint density at radius 1 is 1.39 bits per heavy atom. The quantitative estimate of drug-likeness (QED) is 0.866. The highest BCUT2D eigenvalue weighted by Gasteiger charge is 2.39. The Morgan fingerprint density at radius 3 is 2.83 bits per heavy atom. The van der Waals surface area contributed by atoms with E-state index >= 15 is 0 Å². The van der Waals surface area contributed by atoms with E-state index in [1.807, 2.05) is 0 Å². The van der Waals surface area contributed by atoms with E-state index in [9.17, 15) is 18.0 Å². The first kappa shape index (κ1) is 15.6. The maximum Gasteiger partial charge on any atom is 0.435 e. The second kappa shape index (κ2) is 5.71. The van der Waals surface area contributed by atoms with Gasteiger partial charge in [-0.2, -0.15) is 13.2 Å². The number of amides is 1. The Morgan fingerprint density at radius 2 is 2.17 bits per heavy atom. The van der Waals surface area contributed by atoms with Crippen molar-refractivity contribution in [2.45, 2.75) is 39.0 Å². The number of aryl methyl sites for hydroxylation is 2. The molecule has 1 amide bonds. The summed E-state index contributed by atoms with van der Waals surface area (Å²) in [5.74, 6) is 0.454. The number of nitrogens with zero attached hydrogens (tertiary/aromatic N) is 4. The number of carbonyl (C=O) groups is 1. The third-order valence-corrected chi connectivity index (χ3v) is 3.79. The second-order valence-corrected chi connectivity index (χ2v) is 5.48. The van der Waals surface area contributed by atoms with Crippen molar-refractivity contribution in [1.82, 2.24) is 19.6 Å². The molecule has 0 bridgehead atoms. The minimum atomic E-state index is -4.51. The van der Waals surface area contributed by atoms with Crippen LogP contribution in [0.15, 0.2) is 16.9 Å². The van der Waals surface area contributed by atoms with Gasteiger partial charge in [0.2, 0.25) is 5.91 Å². The number of hydrogen-bond donors (Lipinski definition) is 0. The fourth-order valence-electron chi connectivity index (χ4n) is 2.63. The van der Waals surface area contributed by atoms with Crippen molar-refractivity contribution in [3.63, 3.8) is 0 Å². The van der Waals surface area contributed by atoms with Crippen LogP contribution in [0.25, 0.3) is 0 Å². The van der Waals surface area contributed by atoms with Gasteiger partial charge in [-0.15, -0.1) is 0 Å². The number of rotatable bonds is 3. The number of hydrogen-bond acceptors (Lipinski definition) is 4. The van der Waals surface area contributed by atoms with E-state index < -0.39 is 11.9 Å². The minimum Gasteiger partial charge on any atom is -0.361 e. The van der Waals surface area contributed by atoms with Gasteiger partial charge in [0.25, 0.3) is 0 Å². The highest BCUT2D eigenvalue weighted by atomic mass is 19.4. The third kappa shape index (κ3) is 3.22. The first-order chi connectivity index (χ1) is 10.8. The average molecular weight is 328 g/mol. The molecule has 0 spiro atoms. The van der Waals surface area contributed by atoms with Gasteiger partial charge in [-0.25, -0.2) is 4.98 Å². The summed E-state index contributed by atoms with van der Waals surface area (Å²) in [7, 11) is 0. The Kier molecular flexibility index (Phi) is 3.87. The smallest absolute Gasteiger partial charge is 0.361 e. The third-order valence-electron chi connectivity index (χ3n) is 3.79. The summed E-state index contributed by atoms with van der Waals surface area (Å²) < 4.78 is 45.1. The van der Waals surface area contributed by atoms with Crippen molar-refractivity contribution >= 4 is 5.91 Å². The summed E-state index contributed by atoms with van der Waals surface area (Å²) in [6.07, 6.45) is -2.75. The number of halogens is 3. The molecule has 6 nitrogen and oxygen atoms in total. The van der Waals surface area contributed by atoms with Gasteiger partial charge in [0, 0.05) is 32.0 Å². The van der Waals surface area contributed by atoms with Crippen LogP contribution in [0.3, 0.4) is 0 Å². The molecule has 9 heteroatoms. The van der Waals surface area contributed by atoms with Crippen LogP contribution >= 0.6 is 0 Å². The lowest BCUT2D eigenvalue weighted by molar-refractivity contribution is -0.143. The molecule has 0 N–H and O–H groups in total. The van der Waals surface area contributed by atoms with Crippen molar-refractivity contribution in [3.05, 3.63) is 35.2 Å². The van der Waals surface area contributed by atoms with Crippen LogP contribution < -0.4 is 0 Å². The molecule has 23 heavy (non-hydrogen) atoms. The molecular weight excluding hydrogens is 313 g/mol. The Hall–Kier alpha value is -2.32. The highest BCUT2D eigenvalue weighted by molar-refractivity contribution is 5.76. The summed E-state index contributed by atoms with van der Waals surface area (Å²) in [5.41, 5.74) is -0.217. The van der Waals surface area contributed by atoms with Gasteiger partial charge in [-0.3, -0.25) is 4.79 Å². The molecule has 2 aromatic heterocycles. The van der Waals surface area contributed by atoms with Gasteiger partial charge in [0.1, 0.15) is 5.76 Å². The van der Waals surface area contributed by atoms with Crippen LogP contribution in [0.1, 0.15) is 29.3 Å². The largest absolute Gasteiger partial charge is 0.435 e. The van der Waals surface area contributed by atoms with E-state index in [1.165, 1.54) is 15.8 Å². The standard InChI is InChI=1S/C14H15F3N4O2/c1-9-6-10(19-23-9)2-3-12(22)20-4-5-21-8-18-13(11(21)7-20)14(15,16)17/h6,8H,2-5,7H2,1H3. The van der Waals surface area contributed by atoms with Crippen molar-refractivity contribution in [2.24, 2.45) is 0 Å². The summed E-state index contributed by atoms with van der Waals surface area (Å²) in [4.78, 5) is 17.1. The van der Waals surface area contributed by atoms with Crippen LogP contribution in [0.5, 0.6) is 0 Å². The van der Waals surface area contributed by atoms with Crippen molar-refractivity contribution < 1.29 is 22.5 Å². The minimum absolute atomic E-state index is 0.0365. The average Bonchev–Trinajstić information content (AvgIpc) is 3.09. The van der Waals surface area contributed by atoms with E-state index in [0.29, 0.717) is 31.0 Å². The Bertz CT molecular complexity index is 720. The van der Waals surface area contributed by atoms with Gasteiger partial charge in [0.15, 0.2) is 5.69 Å². The van der Waals surface area contributed by atoms with Gasteiger partial charge >= 0.3 is 6.18 Å². The molecule has 124 valence electrons. The molecule has 0 fully saturated rings. The number of fused-ring (bicyclic) bond motifs is 1. The zero-order valence-electron chi connectivity index (χ0n) is 12.4. The Labute approximate surface area is 129 Å². The molecule has 3 heterocycles. The molecule has 0 aliphatic carbocycles. The van der Waals surface area contributed by atoms with Crippen molar-refractivity contribution in [3.8, 4) is 0 Å². The first-order valence-corrected chi connectivity index (χ1v) is 7.16. The van der Waals surface area contributed by atoms with Crippen LogP contribution in [-0.2, 0) is 30.5 Å². The summed E-state index contributed by atoms with van der Waals surface area (Å²) in [6, 6.07) is 1.74. The van der Waals surface area contributed by atoms with Crippen molar-refractivity contribution in [2.75, 3.05) is 6.54 Å². The summed E-state index contributed by atoms with van der Waals surface area (Å²) in [5, 5.41) is 3.80. The summed E-state index contributed by atoms with van der Waals surface area (Å²) in [6.45, 7) is 2.36. The monoisotopic (exact) mass is 328 g/mol. The summed E-state index contributed by atoms with van der Waals surface area (Å²) >= 11 is 0. The predicted octanol–water partition coefficient (Wildman–Crippen LogP) is 2.17. The normalized spacial score (nSPS) is 14.9. The van der Waals surface area contributed by atoms with Gasteiger partial charge in [-0.05, 0) is 6.92 Å². The molecule has 0 unspecified atom stereocenters. The number of aromatic nitrogens is 3. The van der Waals surface area contributed by atoms with Crippen LogP contribution in [0, 0.1) is 6.92 Å². The van der Waals surface area contributed by atoms with E-state index in [0.717, 1.165) is 0 Å². The van der Waals surface area contributed by atoms with Crippen LogP contribution in [0.2, 0.25) is 0 Å². The molecule has 0 saturated heterocycles. The second-order valence-electron chi connectivity index (χ2n) is 5.48. The molecule has 1 aliphatic rings. The lowest BCUT2D eigenvalue weighted by Gasteiger charge is -2.29. The maximum atomic E-state index is 12.9. The molecule has 2 aromatic rings. The first-order valence-electron chi connectivity index (χ1n) is 7.16. The molecule has 0 saturated carbocycles. The fraction of sp³-hybridized carbons (Fsp3) is 0.500. The van der Waals surface area contributed by atoms with Gasteiger partial charge < -0.3 is 14.0 Å². The van der Waals surface area contributed by atoms with E-state index in [-0.39, 0.29) is 24.6 Å². The molecule has 0 radical (unpaired) electrons. The van der Waals surface area contributed by atoms with E-state index in [2.05, 4.69) is 10.1 Å². The van der Waals surface area contributed by atoms with Crippen LogP contribution in [-0.4, -0.2) is 32.1 Å². The topological polar surface area (TPSA) is 64.2 Å². The molecular formula is C14H15F3N4O2. The lowest BCUT2D eigenvalue weighted by atomic mass is 10.2. The predicted molar refractivity (Wildman–Crippen MR) is 72.2 cm³/mol. The van der Waals surface area contributed by atoms with E-state index in [1.54, 1.807) is 13.0 Å². The lowest BCUT2D eigenvalue weighted by Crippen LogP contribution is -2.38. The van der Waals surface area contributed by atoms with Crippen molar-refractivity contribution in [1.29, 1.82) is 0 Å². The van der Waals surface area contributed by atoms with E-state index in [4.69, 9.17) is 4.52 Å². The SMILES string of the molecule is Cc1cc(CCC(=O)N2CCn3cnc(C(F)(F)F)c3C2)no1. The molecule has 0 atom stereocenters. The number of imidazole rings is 1. The highest BCUT2D eigenvalue weighted by Crippen LogP contribution is 2.32. The molecule has 1 aliphatic heterocycles. The van der Waals surface area contributed by atoms with Crippen LogP contribution in [0.4, 0.5) is 13.2 Å². The maximum absolute atomic E-state index is 12.9. The zero-order chi connectivity index (χ0) is 16.6. The zero-order valence-corrected chi connectivity index (χ0v) is 12.4. The molecule has 0 aromatic carbocycles. The fourth-order valence-corrected chi connectivity index (χ4v) is 2.63. The molecule has 3 rings (SSSR count). The Balaban J connectivity index is 1.66.